The Bertz CT molecular complexity index is 305. The summed E-state index contributed by atoms with van der Waals surface area (Å²) in [4.78, 5) is 25.3. The van der Waals surface area contributed by atoms with E-state index in [1.54, 1.807) is 0 Å². The number of hydrogen-bond acceptors (Lipinski definition) is 2. The van der Waals surface area contributed by atoms with Crippen molar-refractivity contribution in [2.75, 3.05) is 19.6 Å². The van der Waals surface area contributed by atoms with Gasteiger partial charge in [0.05, 0.1) is 6.54 Å². The summed E-state index contributed by atoms with van der Waals surface area (Å²) >= 11 is 0. The molecule has 1 aliphatic heterocycles. The van der Waals surface area contributed by atoms with Crippen LogP contribution < -0.4 is 5.32 Å². The van der Waals surface area contributed by atoms with Crippen LogP contribution in [-0.4, -0.2) is 36.3 Å². The first-order chi connectivity index (χ1) is 9.25. The molecule has 0 radical (unpaired) electrons. The van der Waals surface area contributed by atoms with Crippen molar-refractivity contribution < 1.29 is 9.59 Å². The molecule has 0 spiro atoms. The van der Waals surface area contributed by atoms with Crippen molar-refractivity contribution in [3.8, 4) is 0 Å². The molecule has 0 bridgehead atoms. The van der Waals surface area contributed by atoms with Crippen LogP contribution in [0, 0.1) is 5.92 Å². The van der Waals surface area contributed by atoms with Gasteiger partial charge in [0.25, 0.3) is 0 Å². The van der Waals surface area contributed by atoms with Crippen LogP contribution in [-0.2, 0) is 9.59 Å². The van der Waals surface area contributed by atoms with Gasteiger partial charge in [-0.25, -0.2) is 0 Å². The lowest BCUT2D eigenvalue weighted by Gasteiger charge is -2.21. The van der Waals surface area contributed by atoms with Crippen molar-refractivity contribution in [2.45, 2.75) is 57.8 Å². The van der Waals surface area contributed by atoms with Gasteiger partial charge >= 0.3 is 0 Å². The summed E-state index contributed by atoms with van der Waals surface area (Å²) in [5.74, 6) is 0.843. The molecule has 4 heteroatoms. The van der Waals surface area contributed by atoms with E-state index in [2.05, 4.69) is 5.32 Å². The lowest BCUT2D eigenvalue weighted by molar-refractivity contribution is -0.132. The second kappa shape index (κ2) is 7.51. The van der Waals surface area contributed by atoms with Gasteiger partial charge in [-0.2, -0.15) is 0 Å². The van der Waals surface area contributed by atoms with Crippen LogP contribution in [0.15, 0.2) is 0 Å². The molecule has 2 aliphatic rings. The van der Waals surface area contributed by atoms with E-state index < -0.39 is 0 Å². The van der Waals surface area contributed by atoms with E-state index >= 15 is 0 Å². The van der Waals surface area contributed by atoms with Crippen LogP contribution in [0.5, 0.6) is 0 Å². The molecule has 1 N–H and O–H groups in total. The fourth-order valence-corrected chi connectivity index (χ4v) is 3.15. The standard InChI is InChI=1S/C15H26N2O2/c18-14(9-8-13-6-2-1-3-7-13)16-12-15(19)17-10-4-5-11-17/h13H,1-12H2,(H,16,18). The normalized spacial score (nSPS) is 20.5. The molecule has 4 nitrogen and oxygen atoms in total. The number of likely N-dealkylation sites (tertiary alicyclic amines) is 1. The minimum Gasteiger partial charge on any atom is -0.347 e. The molecule has 2 fully saturated rings. The summed E-state index contributed by atoms with van der Waals surface area (Å²) < 4.78 is 0. The summed E-state index contributed by atoms with van der Waals surface area (Å²) in [6, 6.07) is 0. The topological polar surface area (TPSA) is 49.4 Å². The molecular formula is C15H26N2O2. The Morgan fingerprint density at radius 1 is 1.00 bits per heavy atom. The number of carbonyl (C=O) groups is 2. The maximum absolute atomic E-state index is 11.8. The molecule has 2 rings (SSSR count). The molecule has 2 amide bonds. The highest BCUT2D eigenvalue weighted by molar-refractivity contribution is 5.84. The molecule has 0 aromatic rings. The number of nitrogens with zero attached hydrogens (tertiary/aromatic N) is 1. The summed E-state index contributed by atoms with van der Waals surface area (Å²) in [5, 5.41) is 2.77. The lowest BCUT2D eigenvalue weighted by Crippen LogP contribution is -2.38. The first-order valence-electron chi connectivity index (χ1n) is 7.80. The maximum atomic E-state index is 11.8. The van der Waals surface area contributed by atoms with Gasteiger partial charge in [-0.3, -0.25) is 9.59 Å². The Labute approximate surface area is 115 Å². The van der Waals surface area contributed by atoms with Gasteiger partial charge in [0, 0.05) is 19.5 Å². The first-order valence-corrected chi connectivity index (χ1v) is 7.80. The van der Waals surface area contributed by atoms with E-state index in [9.17, 15) is 9.59 Å². The average molecular weight is 266 g/mol. The third kappa shape index (κ3) is 4.84. The zero-order valence-corrected chi connectivity index (χ0v) is 11.8. The van der Waals surface area contributed by atoms with E-state index in [4.69, 9.17) is 0 Å². The number of hydrogen-bond donors (Lipinski definition) is 1. The minimum atomic E-state index is 0.0399. The van der Waals surface area contributed by atoms with Crippen molar-refractivity contribution in [3.05, 3.63) is 0 Å². The first kappa shape index (κ1) is 14.4. The Morgan fingerprint density at radius 3 is 2.37 bits per heavy atom. The lowest BCUT2D eigenvalue weighted by atomic mass is 9.86. The van der Waals surface area contributed by atoms with Crippen molar-refractivity contribution in [3.63, 3.8) is 0 Å². The summed E-state index contributed by atoms with van der Waals surface area (Å²) in [6.45, 7) is 1.90. The van der Waals surface area contributed by atoms with Crippen LogP contribution in [0.4, 0.5) is 0 Å². The number of rotatable bonds is 5. The average Bonchev–Trinajstić information content (AvgIpc) is 2.98. The van der Waals surface area contributed by atoms with Gasteiger partial charge in [0.15, 0.2) is 0 Å². The van der Waals surface area contributed by atoms with Crippen LogP contribution in [0.25, 0.3) is 0 Å². The van der Waals surface area contributed by atoms with E-state index in [0.29, 0.717) is 6.42 Å². The van der Waals surface area contributed by atoms with E-state index in [1.165, 1.54) is 32.1 Å². The molecule has 0 aromatic heterocycles. The van der Waals surface area contributed by atoms with Crippen LogP contribution >= 0.6 is 0 Å². The number of nitrogens with one attached hydrogen (secondary N) is 1. The Morgan fingerprint density at radius 2 is 1.68 bits per heavy atom. The Balaban J connectivity index is 1.57. The molecule has 0 aromatic carbocycles. The SMILES string of the molecule is O=C(CCC1CCCCC1)NCC(=O)N1CCCC1. The fourth-order valence-electron chi connectivity index (χ4n) is 3.15. The van der Waals surface area contributed by atoms with Gasteiger partial charge in [-0.05, 0) is 25.2 Å². The monoisotopic (exact) mass is 266 g/mol. The molecule has 1 saturated carbocycles. The van der Waals surface area contributed by atoms with Crippen LogP contribution in [0.3, 0.4) is 0 Å². The molecule has 1 aliphatic carbocycles. The largest absolute Gasteiger partial charge is 0.347 e. The minimum absolute atomic E-state index is 0.0399. The quantitative estimate of drug-likeness (QED) is 0.828. The highest BCUT2D eigenvalue weighted by Crippen LogP contribution is 2.27. The van der Waals surface area contributed by atoms with E-state index in [0.717, 1.165) is 38.3 Å². The van der Waals surface area contributed by atoms with E-state index in [-0.39, 0.29) is 18.4 Å². The molecular weight excluding hydrogens is 240 g/mol. The van der Waals surface area contributed by atoms with Gasteiger partial charge in [0.1, 0.15) is 0 Å². The molecule has 108 valence electrons. The predicted molar refractivity (Wildman–Crippen MR) is 74.6 cm³/mol. The summed E-state index contributed by atoms with van der Waals surface area (Å²) in [6.07, 6.45) is 10.3. The fraction of sp³-hybridized carbons (Fsp3) is 0.867. The molecule has 19 heavy (non-hydrogen) atoms. The molecule has 0 atom stereocenters. The zero-order chi connectivity index (χ0) is 13.5. The van der Waals surface area contributed by atoms with Crippen LogP contribution in [0.1, 0.15) is 57.8 Å². The smallest absolute Gasteiger partial charge is 0.241 e. The second-order valence-corrected chi connectivity index (χ2v) is 5.91. The van der Waals surface area contributed by atoms with Gasteiger partial charge < -0.3 is 10.2 Å². The van der Waals surface area contributed by atoms with Gasteiger partial charge in [-0.15, -0.1) is 0 Å². The summed E-state index contributed by atoms with van der Waals surface area (Å²) in [7, 11) is 0. The second-order valence-electron chi connectivity index (χ2n) is 5.91. The van der Waals surface area contributed by atoms with E-state index in [1.807, 2.05) is 4.90 Å². The number of carbonyl (C=O) groups excluding carboxylic acids is 2. The summed E-state index contributed by atoms with van der Waals surface area (Å²) in [5.41, 5.74) is 0. The third-order valence-corrected chi connectivity index (χ3v) is 4.40. The molecule has 0 unspecified atom stereocenters. The van der Waals surface area contributed by atoms with Crippen molar-refractivity contribution in [1.82, 2.24) is 10.2 Å². The highest BCUT2D eigenvalue weighted by Gasteiger charge is 2.19. The zero-order valence-electron chi connectivity index (χ0n) is 11.8. The Hall–Kier alpha value is -1.06. The van der Waals surface area contributed by atoms with Crippen molar-refractivity contribution >= 4 is 11.8 Å². The third-order valence-electron chi connectivity index (χ3n) is 4.40. The predicted octanol–water partition coefficient (Wildman–Crippen LogP) is 2.09. The maximum Gasteiger partial charge on any atom is 0.241 e. The molecule has 1 saturated heterocycles. The number of amides is 2. The van der Waals surface area contributed by atoms with Crippen LogP contribution in [0.2, 0.25) is 0 Å². The van der Waals surface area contributed by atoms with Gasteiger partial charge in [-0.1, -0.05) is 32.1 Å². The highest BCUT2D eigenvalue weighted by atomic mass is 16.2. The van der Waals surface area contributed by atoms with Crippen molar-refractivity contribution in [2.24, 2.45) is 5.92 Å². The van der Waals surface area contributed by atoms with Gasteiger partial charge in [0.2, 0.25) is 11.8 Å². The molecule has 1 heterocycles. The Kier molecular flexibility index (Phi) is 5.67. The van der Waals surface area contributed by atoms with Crippen molar-refractivity contribution in [1.29, 1.82) is 0 Å².